The number of thiophene rings is 1. The minimum absolute atomic E-state index is 0.0717. The van der Waals surface area contributed by atoms with Gasteiger partial charge in [0, 0.05) is 35.0 Å². The fourth-order valence-corrected chi connectivity index (χ4v) is 3.07. The monoisotopic (exact) mass is 404 g/mol. The van der Waals surface area contributed by atoms with Crippen LogP contribution in [-0.2, 0) is 14.0 Å². The van der Waals surface area contributed by atoms with Gasteiger partial charge in [0.1, 0.15) is 5.60 Å². The zero-order valence-electron chi connectivity index (χ0n) is 27.6. The number of nitrogens with zero attached hydrogens (tertiary/aromatic N) is 1. The van der Waals surface area contributed by atoms with Gasteiger partial charge in [-0.15, -0.1) is 11.3 Å². The van der Waals surface area contributed by atoms with Crippen molar-refractivity contribution in [1.82, 2.24) is 4.90 Å². The van der Waals surface area contributed by atoms with E-state index in [-0.39, 0.29) is 9.68 Å². The van der Waals surface area contributed by atoms with Crippen molar-refractivity contribution in [2.75, 3.05) is 13.0 Å². The molecule has 7 heteroatoms. The van der Waals surface area contributed by atoms with E-state index in [0.717, 1.165) is 0 Å². The van der Waals surface area contributed by atoms with Crippen molar-refractivity contribution in [3.63, 3.8) is 0 Å². The number of hydrogen-bond acceptors (Lipinski definition) is 5. The Morgan fingerprint density at radius 3 is 2.37 bits per heavy atom. The van der Waals surface area contributed by atoms with Crippen LogP contribution in [0.15, 0.2) is 12.1 Å². The maximum atomic E-state index is 12.9. The van der Waals surface area contributed by atoms with Crippen LogP contribution in [-0.4, -0.2) is 47.9 Å². The molecule has 0 radical (unpaired) electrons. The molecule has 0 aromatic carbocycles. The highest BCUT2D eigenvalue weighted by molar-refractivity contribution is 7.22. The first kappa shape index (κ1) is 10.7. The Kier molecular flexibility index (Phi) is 2.80. The first-order valence-corrected chi connectivity index (χ1v) is 9.43. The molecule has 0 spiro atoms. The molecule has 5 nitrogen and oxygen atoms in total. The average Bonchev–Trinajstić information content (AvgIpc) is 3.09. The van der Waals surface area contributed by atoms with E-state index in [1.807, 2.05) is 0 Å². The molecule has 1 amide bonds. The number of likely N-dealkylation sites (tertiary alicyclic amines) is 1. The summed E-state index contributed by atoms with van der Waals surface area (Å²) in [5.74, 6) is -3.44. The first-order valence-electron chi connectivity index (χ1n) is 14.1. The largest absolute Gasteiger partial charge is 0.505 e. The summed E-state index contributed by atoms with van der Waals surface area (Å²) >= 11 is 0.455. The molecule has 0 unspecified atom stereocenters. The number of ether oxygens (including phenoxy) is 1. The van der Waals surface area contributed by atoms with Crippen molar-refractivity contribution in [2.45, 2.75) is 83.9 Å². The van der Waals surface area contributed by atoms with Crippen molar-refractivity contribution >= 4 is 29.3 Å². The highest BCUT2D eigenvalue weighted by Gasteiger charge is 2.52. The van der Waals surface area contributed by atoms with Gasteiger partial charge in [-0.3, -0.25) is 0 Å². The average molecular weight is 404 g/mol. The molecule has 2 aliphatic rings. The van der Waals surface area contributed by atoms with Gasteiger partial charge < -0.3 is 18.9 Å². The molecule has 150 valence electrons. The van der Waals surface area contributed by atoms with Gasteiger partial charge >= 0.3 is 13.2 Å². The van der Waals surface area contributed by atoms with Crippen LogP contribution in [0.2, 0.25) is 0 Å². The molecule has 1 aromatic rings. The minimum atomic E-state index is -3.65. The highest BCUT2D eigenvalue weighted by Crippen LogP contribution is 2.38. The van der Waals surface area contributed by atoms with Crippen molar-refractivity contribution in [1.29, 1.82) is 0 Å². The second-order valence-corrected chi connectivity index (χ2v) is 9.35. The fraction of sp³-hybridized carbons (Fsp3) is 0.750. The molecule has 27 heavy (non-hydrogen) atoms. The van der Waals surface area contributed by atoms with Crippen molar-refractivity contribution in [3.8, 4) is 0 Å². The number of carbonyl (C=O) groups is 1. The molecule has 2 fully saturated rings. The van der Waals surface area contributed by atoms with Crippen LogP contribution >= 0.6 is 11.3 Å². The summed E-state index contributed by atoms with van der Waals surface area (Å²) in [6.07, 6.45) is -8.95. The summed E-state index contributed by atoms with van der Waals surface area (Å²) in [5, 5.41) is 0. The van der Waals surface area contributed by atoms with Crippen molar-refractivity contribution < 1.29 is 33.9 Å². The predicted octanol–water partition coefficient (Wildman–Crippen LogP) is 4.16. The van der Waals surface area contributed by atoms with Gasteiger partial charge in [0.2, 0.25) is 0 Å². The van der Waals surface area contributed by atoms with E-state index >= 15 is 0 Å². The van der Waals surface area contributed by atoms with Gasteiger partial charge in [0.15, 0.2) is 0 Å². The van der Waals surface area contributed by atoms with Crippen LogP contribution in [0.25, 0.3) is 0 Å². The molecule has 2 aliphatic heterocycles. The Morgan fingerprint density at radius 2 is 1.85 bits per heavy atom. The summed E-state index contributed by atoms with van der Waals surface area (Å²) in [6, 6.07) is -1.34. The van der Waals surface area contributed by atoms with Crippen LogP contribution in [0.4, 0.5) is 4.79 Å². The maximum absolute atomic E-state index is 12.9. The molecule has 0 aliphatic carbocycles. The van der Waals surface area contributed by atoms with E-state index in [4.69, 9.17) is 29.1 Å². The molecule has 0 bridgehead atoms. The number of rotatable bonds is 2. The summed E-state index contributed by atoms with van der Waals surface area (Å²) < 4.78 is 112. The zero-order valence-corrected chi connectivity index (χ0v) is 17.4. The van der Waals surface area contributed by atoms with E-state index in [2.05, 4.69) is 0 Å². The third kappa shape index (κ3) is 4.52. The van der Waals surface area contributed by atoms with Crippen LogP contribution in [0.5, 0.6) is 0 Å². The van der Waals surface area contributed by atoms with Crippen LogP contribution in [0, 0.1) is 0 Å². The number of hydrogen-bond donors (Lipinski definition) is 0. The lowest BCUT2D eigenvalue weighted by atomic mass is 9.88. The van der Waals surface area contributed by atoms with Crippen molar-refractivity contribution in [3.05, 3.63) is 17.0 Å². The quantitative estimate of drug-likeness (QED) is 0.695. The van der Waals surface area contributed by atoms with Gasteiger partial charge in [-0.2, -0.15) is 0 Å². The van der Waals surface area contributed by atoms with Crippen LogP contribution in [0.1, 0.15) is 87.1 Å². The second-order valence-electron chi connectivity index (χ2n) is 8.30. The third-order valence-electron chi connectivity index (χ3n) is 4.37. The highest BCUT2D eigenvalue weighted by atomic mass is 32.1. The lowest BCUT2D eigenvalue weighted by Crippen LogP contribution is -2.41. The minimum Gasteiger partial charge on any atom is -0.444 e. The Morgan fingerprint density at radius 1 is 1.30 bits per heavy atom. The molecular formula is C20H32BNO4S. The molecule has 0 N–H and O–H groups in total. The predicted molar refractivity (Wildman–Crippen MR) is 110 cm³/mol. The Bertz CT molecular complexity index is 1100. The van der Waals surface area contributed by atoms with Gasteiger partial charge in [-0.05, 0) is 73.1 Å². The standard InChI is InChI=1S/C20H32BNO4S/c1-18(2,3)24-17(23)22-12-10-14(11-13-22)15-8-9-16(27-15)21-25-19(4,5)20(6,7)26-21/h8-9,14H,10-13H2,1-7H3/i8D,9D,10D2,11D2,12D2,13D2,14D. The number of carbonyl (C=O) groups excluding carboxylic acids is 1. The normalized spacial score (nSPS) is 37.5. The van der Waals surface area contributed by atoms with E-state index in [1.165, 1.54) is 20.8 Å². The first-order chi connectivity index (χ1) is 16.6. The van der Waals surface area contributed by atoms with Gasteiger partial charge in [-0.1, -0.05) is 6.04 Å². The number of amides is 1. The molecule has 0 saturated carbocycles. The summed E-state index contributed by atoms with van der Waals surface area (Å²) in [6.45, 7) is 3.97. The van der Waals surface area contributed by atoms with Gasteiger partial charge in [0.05, 0.1) is 13.9 Å². The maximum Gasteiger partial charge on any atom is 0.505 e. The summed E-state index contributed by atoms with van der Waals surface area (Å²) in [5.41, 5.74) is -2.96. The van der Waals surface area contributed by atoms with E-state index < -0.39 is 78.6 Å². The zero-order chi connectivity index (χ0) is 29.9. The molecule has 3 rings (SSSR count). The molecule has 1 aromatic heterocycles. The van der Waals surface area contributed by atoms with E-state index in [9.17, 15) is 4.79 Å². The van der Waals surface area contributed by atoms with Gasteiger partial charge in [0.25, 0.3) is 0 Å². The summed E-state index contributed by atoms with van der Waals surface area (Å²) in [7, 11) is -1.22. The fourth-order valence-electron chi connectivity index (χ4n) is 2.25. The van der Waals surface area contributed by atoms with E-state index in [1.54, 1.807) is 27.7 Å². The molecular weight excluding hydrogens is 361 g/mol. The Hall–Kier alpha value is -1.05. The Labute approximate surface area is 183 Å². The molecule has 0 atom stereocenters. The molecule has 3 heterocycles. The smallest absolute Gasteiger partial charge is 0.444 e. The van der Waals surface area contributed by atoms with Crippen molar-refractivity contribution in [2.24, 2.45) is 0 Å². The van der Waals surface area contributed by atoms with E-state index in [0.29, 0.717) is 11.3 Å². The topological polar surface area (TPSA) is 48.0 Å². The lowest BCUT2D eigenvalue weighted by Gasteiger charge is -2.33. The summed E-state index contributed by atoms with van der Waals surface area (Å²) in [4.78, 5) is 11.9. The third-order valence-corrected chi connectivity index (χ3v) is 5.39. The second kappa shape index (κ2) is 7.09. The molecule has 2 saturated heterocycles. The van der Waals surface area contributed by atoms with Gasteiger partial charge in [-0.25, -0.2) is 4.79 Å². The number of piperidine rings is 1. The Balaban J connectivity index is 2.25. The SMILES string of the molecule is [2H]c1c(B2OC(C)(C)C(C)(C)O2)sc(C2([2H])C([2H])([2H])C([2H])([2H])N(C(=O)OC(C)(C)C)C([2H])([2H])C2([2H])[2H])c1[2H]. The van der Waals surface area contributed by atoms with Crippen LogP contribution < -0.4 is 4.78 Å². The lowest BCUT2D eigenvalue weighted by molar-refractivity contribution is 0.00578. The van der Waals surface area contributed by atoms with Crippen LogP contribution in [0.3, 0.4) is 0 Å².